The molecule has 1 heterocycles. The number of amides is 3. The smallest absolute Gasteiger partial charge is 0.338 e. The molecule has 0 saturated carbocycles. The van der Waals surface area contributed by atoms with E-state index in [1.54, 1.807) is 37.3 Å². The van der Waals surface area contributed by atoms with Gasteiger partial charge in [-0.05, 0) is 67.6 Å². The number of benzene rings is 3. The Morgan fingerprint density at radius 3 is 2.31 bits per heavy atom. The van der Waals surface area contributed by atoms with E-state index >= 15 is 0 Å². The molecule has 0 unspecified atom stereocenters. The largest absolute Gasteiger partial charge is 0.462 e. The Balaban J connectivity index is 1.56. The third kappa shape index (κ3) is 3.81. The molecule has 0 aliphatic carbocycles. The van der Waals surface area contributed by atoms with Crippen LogP contribution < -0.4 is 16.0 Å². The van der Waals surface area contributed by atoms with Gasteiger partial charge in [0.05, 0.1) is 29.0 Å². The highest BCUT2D eigenvalue weighted by Gasteiger charge is 2.37. The van der Waals surface area contributed by atoms with Crippen molar-refractivity contribution < 1.29 is 23.9 Å². The summed E-state index contributed by atoms with van der Waals surface area (Å²) in [5.41, 5.74) is 7.96. The Bertz CT molecular complexity index is 1250. The third-order valence-electron chi connectivity index (χ3n) is 4.93. The second kappa shape index (κ2) is 8.35. The number of carbonyl (C=O) groups is 4. The van der Waals surface area contributed by atoms with E-state index in [1.807, 2.05) is 0 Å². The van der Waals surface area contributed by atoms with Gasteiger partial charge in [0.1, 0.15) is 0 Å². The summed E-state index contributed by atoms with van der Waals surface area (Å²) in [7, 11) is 0. The molecule has 3 amide bonds. The van der Waals surface area contributed by atoms with Gasteiger partial charge in [-0.1, -0.05) is 6.07 Å². The second-order valence-electron chi connectivity index (χ2n) is 7.05. The lowest BCUT2D eigenvalue weighted by molar-refractivity contribution is 0.0526. The van der Waals surface area contributed by atoms with Gasteiger partial charge in [-0.3, -0.25) is 14.4 Å². The molecule has 4 rings (SSSR count). The summed E-state index contributed by atoms with van der Waals surface area (Å²) in [6.45, 7) is 1.95. The van der Waals surface area contributed by atoms with Crippen LogP contribution in [0, 0.1) is 0 Å². The summed E-state index contributed by atoms with van der Waals surface area (Å²) in [5, 5.41) is 2.71. The van der Waals surface area contributed by atoms with Crippen LogP contribution in [0.2, 0.25) is 0 Å². The van der Waals surface area contributed by atoms with E-state index in [2.05, 4.69) is 5.32 Å². The summed E-state index contributed by atoms with van der Waals surface area (Å²) >= 11 is 0. The molecule has 0 atom stereocenters. The first-order chi connectivity index (χ1) is 15.4. The molecule has 0 radical (unpaired) electrons. The fourth-order valence-electron chi connectivity index (χ4n) is 3.40. The number of nitrogens with zero attached hydrogens (tertiary/aromatic N) is 1. The monoisotopic (exact) mass is 429 g/mol. The van der Waals surface area contributed by atoms with E-state index in [4.69, 9.17) is 10.5 Å². The lowest BCUT2D eigenvalue weighted by atomic mass is 10.1. The standard InChI is InChI=1S/C24H19N3O5/c1-2-32-24(31)14-6-9-18(10-7-14)27-22(29)19-11-8-17(13-20(19)23(27)30)26-21(28)15-4-3-5-16(25)12-15/h3-13H,2,25H2,1H3,(H,26,28). The zero-order valence-corrected chi connectivity index (χ0v) is 17.1. The summed E-state index contributed by atoms with van der Waals surface area (Å²) in [5.74, 6) is -1.88. The first-order valence-electron chi connectivity index (χ1n) is 9.86. The van der Waals surface area contributed by atoms with Crippen LogP contribution in [0.1, 0.15) is 48.4 Å². The molecule has 3 N–H and O–H groups in total. The van der Waals surface area contributed by atoms with Crippen molar-refractivity contribution in [1.82, 2.24) is 0 Å². The van der Waals surface area contributed by atoms with Crippen LogP contribution in [0.3, 0.4) is 0 Å². The molecule has 0 saturated heterocycles. The van der Waals surface area contributed by atoms with E-state index in [9.17, 15) is 19.2 Å². The Morgan fingerprint density at radius 1 is 0.906 bits per heavy atom. The predicted molar refractivity (Wildman–Crippen MR) is 119 cm³/mol. The van der Waals surface area contributed by atoms with Crippen molar-refractivity contribution >= 4 is 40.8 Å². The molecule has 160 valence electrons. The zero-order chi connectivity index (χ0) is 22.8. The van der Waals surface area contributed by atoms with E-state index < -0.39 is 17.8 Å². The maximum absolute atomic E-state index is 13.0. The van der Waals surface area contributed by atoms with E-state index in [0.29, 0.717) is 28.2 Å². The Morgan fingerprint density at radius 2 is 1.62 bits per heavy atom. The molecule has 0 spiro atoms. The van der Waals surface area contributed by atoms with Crippen LogP contribution in [0.25, 0.3) is 0 Å². The number of carbonyl (C=O) groups excluding carboxylic acids is 4. The number of nitrogens with one attached hydrogen (secondary N) is 1. The number of hydrogen-bond donors (Lipinski definition) is 2. The molecule has 32 heavy (non-hydrogen) atoms. The second-order valence-corrected chi connectivity index (χ2v) is 7.05. The molecule has 0 fully saturated rings. The Hall–Kier alpha value is -4.46. The number of fused-ring (bicyclic) bond motifs is 1. The number of hydrogen-bond acceptors (Lipinski definition) is 6. The summed E-state index contributed by atoms with van der Waals surface area (Å²) in [4.78, 5) is 51.1. The first kappa shape index (κ1) is 20.8. The number of nitrogens with two attached hydrogens (primary N) is 1. The van der Waals surface area contributed by atoms with Gasteiger partial charge in [0, 0.05) is 16.9 Å². The number of ether oxygens (including phenoxy) is 1. The molecule has 0 aromatic heterocycles. The van der Waals surface area contributed by atoms with Crippen molar-refractivity contribution in [2.75, 3.05) is 22.6 Å². The molecule has 0 bridgehead atoms. The average Bonchev–Trinajstić information content (AvgIpc) is 3.03. The van der Waals surface area contributed by atoms with Crippen LogP contribution in [-0.2, 0) is 4.74 Å². The van der Waals surface area contributed by atoms with Crippen LogP contribution in [0.15, 0.2) is 66.7 Å². The highest BCUT2D eigenvalue weighted by Crippen LogP contribution is 2.30. The molecular weight excluding hydrogens is 410 g/mol. The first-order valence-corrected chi connectivity index (χ1v) is 9.86. The Labute approximate surface area is 183 Å². The minimum absolute atomic E-state index is 0.176. The van der Waals surface area contributed by atoms with E-state index in [1.165, 1.54) is 36.4 Å². The van der Waals surface area contributed by atoms with Gasteiger partial charge in [-0.15, -0.1) is 0 Å². The zero-order valence-electron chi connectivity index (χ0n) is 17.1. The maximum Gasteiger partial charge on any atom is 0.338 e. The molecule has 8 heteroatoms. The van der Waals surface area contributed by atoms with Gasteiger partial charge < -0.3 is 15.8 Å². The van der Waals surface area contributed by atoms with Crippen molar-refractivity contribution in [2.45, 2.75) is 6.92 Å². The van der Waals surface area contributed by atoms with Gasteiger partial charge in [0.15, 0.2) is 0 Å². The average molecular weight is 429 g/mol. The topological polar surface area (TPSA) is 119 Å². The van der Waals surface area contributed by atoms with Crippen molar-refractivity contribution in [3.05, 3.63) is 89.0 Å². The van der Waals surface area contributed by atoms with Gasteiger partial charge >= 0.3 is 5.97 Å². The van der Waals surface area contributed by atoms with Gasteiger partial charge in [-0.25, -0.2) is 9.69 Å². The van der Waals surface area contributed by atoms with E-state index in [0.717, 1.165) is 4.90 Å². The molecule has 1 aliphatic heterocycles. The van der Waals surface area contributed by atoms with E-state index in [-0.39, 0.29) is 23.6 Å². The maximum atomic E-state index is 13.0. The summed E-state index contributed by atoms with van der Waals surface area (Å²) in [6.07, 6.45) is 0. The normalized spacial score (nSPS) is 12.5. The van der Waals surface area contributed by atoms with Crippen LogP contribution in [0.5, 0.6) is 0 Å². The van der Waals surface area contributed by atoms with Crippen LogP contribution in [-0.4, -0.2) is 30.3 Å². The fourth-order valence-corrected chi connectivity index (χ4v) is 3.40. The van der Waals surface area contributed by atoms with Crippen molar-refractivity contribution in [1.29, 1.82) is 0 Å². The molecule has 1 aliphatic rings. The number of esters is 1. The minimum atomic E-state index is -0.520. The highest BCUT2D eigenvalue weighted by molar-refractivity contribution is 6.34. The fraction of sp³-hybridized carbons (Fsp3) is 0.0833. The van der Waals surface area contributed by atoms with Gasteiger partial charge in [0.2, 0.25) is 0 Å². The highest BCUT2D eigenvalue weighted by atomic mass is 16.5. The van der Waals surface area contributed by atoms with Gasteiger partial charge in [0.25, 0.3) is 17.7 Å². The quantitative estimate of drug-likeness (QED) is 0.364. The number of rotatable bonds is 5. The van der Waals surface area contributed by atoms with Crippen molar-refractivity contribution in [3.8, 4) is 0 Å². The molecular formula is C24H19N3O5. The third-order valence-corrected chi connectivity index (χ3v) is 4.93. The molecule has 8 nitrogen and oxygen atoms in total. The van der Waals surface area contributed by atoms with Gasteiger partial charge in [-0.2, -0.15) is 0 Å². The Kier molecular flexibility index (Phi) is 5.43. The molecule has 3 aromatic rings. The molecule has 3 aromatic carbocycles. The lowest BCUT2D eigenvalue weighted by Gasteiger charge is -2.14. The van der Waals surface area contributed by atoms with Crippen molar-refractivity contribution in [2.24, 2.45) is 0 Å². The minimum Gasteiger partial charge on any atom is -0.462 e. The summed E-state index contributed by atoms with van der Waals surface area (Å²) < 4.78 is 4.94. The van der Waals surface area contributed by atoms with Crippen LogP contribution >= 0.6 is 0 Å². The number of nitrogen functional groups attached to an aromatic ring is 1. The number of anilines is 3. The van der Waals surface area contributed by atoms with Crippen LogP contribution in [0.4, 0.5) is 17.1 Å². The predicted octanol–water partition coefficient (Wildman–Crippen LogP) is 3.50. The summed E-state index contributed by atoms with van der Waals surface area (Å²) in [6, 6.07) is 17.0. The lowest BCUT2D eigenvalue weighted by Crippen LogP contribution is -2.29. The number of imide groups is 1. The SMILES string of the molecule is CCOC(=O)c1ccc(N2C(=O)c3ccc(NC(=O)c4cccc(N)c4)cc3C2=O)cc1. The van der Waals surface area contributed by atoms with Crippen molar-refractivity contribution in [3.63, 3.8) is 0 Å².